The highest BCUT2D eigenvalue weighted by atomic mass is 16.7. The van der Waals surface area contributed by atoms with Gasteiger partial charge in [0.05, 0.1) is 18.3 Å². The average Bonchev–Trinajstić information content (AvgIpc) is 2.54. The van der Waals surface area contributed by atoms with Crippen LogP contribution < -0.4 is 9.64 Å². The summed E-state index contributed by atoms with van der Waals surface area (Å²) >= 11 is 0. The van der Waals surface area contributed by atoms with Gasteiger partial charge in [-0.05, 0) is 53.0 Å². The van der Waals surface area contributed by atoms with Crippen LogP contribution in [0.4, 0.5) is 5.69 Å². The molecule has 0 N–H and O–H groups in total. The van der Waals surface area contributed by atoms with E-state index in [-0.39, 0.29) is 6.29 Å². The fraction of sp³-hybridized carbons (Fsp3) is 0.667. The van der Waals surface area contributed by atoms with Crippen LogP contribution in [0.15, 0.2) is 24.3 Å². The number of hydrogen-bond donors (Lipinski definition) is 0. The molecule has 130 valence electrons. The lowest BCUT2D eigenvalue weighted by atomic mass is 10.1. The Labute approximate surface area is 140 Å². The predicted molar refractivity (Wildman–Crippen MR) is 93.3 cm³/mol. The number of benzene rings is 1. The molecule has 1 aliphatic rings. The molecule has 1 aromatic carbocycles. The van der Waals surface area contributed by atoms with Crippen LogP contribution in [0.1, 0.15) is 20.3 Å². The summed E-state index contributed by atoms with van der Waals surface area (Å²) in [6, 6.07) is 8.54. The van der Waals surface area contributed by atoms with Crippen molar-refractivity contribution in [3.05, 3.63) is 24.3 Å². The van der Waals surface area contributed by atoms with Gasteiger partial charge < -0.3 is 24.0 Å². The molecule has 0 saturated carbocycles. The van der Waals surface area contributed by atoms with E-state index in [0.717, 1.165) is 30.9 Å². The van der Waals surface area contributed by atoms with E-state index in [1.165, 1.54) is 0 Å². The molecule has 0 saturated heterocycles. The lowest BCUT2D eigenvalue weighted by Crippen LogP contribution is -2.48. The normalized spacial score (nSPS) is 17.5. The Hall–Kier alpha value is -1.30. The van der Waals surface area contributed by atoms with Gasteiger partial charge in [0.2, 0.25) is 0 Å². The minimum absolute atomic E-state index is 0.210. The molecule has 0 radical (unpaired) electrons. The number of para-hydroxylation sites is 2. The molecule has 2 rings (SSSR count). The van der Waals surface area contributed by atoms with Gasteiger partial charge in [-0.2, -0.15) is 0 Å². The van der Waals surface area contributed by atoms with Crippen molar-refractivity contribution in [2.45, 2.75) is 32.6 Å². The van der Waals surface area contributed by atoms with Crippen LogP contribution in [0, 0.1) is 0 Å². The molecule has 0 aromatic heterocycles. The summed E-state index contributed by atoms with van der Waals surface area (Å²) in [7, 11) is 4.20. The van der Waals surface area contributed by atoms with E-state index in [2.05, 4.69) is 36.0 Å². The maximum Gasteiger partial charge on any atom is 0.174 e. The van der Waals surface area contributed by atoms with E-state index >= 15 is 0 Å². The summed E-state index contributed by atoms with van der Waals surface area (Å²) in [5.41, 5.74) is 1.13. The molecule has 1 atom stereocenters. The van der Waals surface area contributed by atoms with Crippen LogP contribution >= 0.6 is 0 Å². The van der Waals surface area contributed by atoms with E-state index in [1.807, 2.05) is 26.0 Å². The molecule has 5 heteroatoms. The van der Waals surface area contributed by atoms with Crippen molar-refractivity contribution in [1.29, 1.82) is 0 Å². The standard InChI is InChI=1S/C18H30N2O3/c1-5-21-18(22-6-2)13-20-15(11-12-19(3)4)14-23-17-10-8-7-9-16(17)20/h7-10,15,18H,5-6,11-14H2,1-4H3. The van der Waals surface area contributed by atoms with Gasteiger partial charge in [0, 0.05) is 13.2 Å². The minimum Gasteiger partial charge on any atom is -0.489 e. The van der Waals surface area contributed by atoms with Crippen LogP contribution in [0.25, 0.3) is 0 Å². The van der Waals surface area contributed by atoms with Crippen molar-refractivity contribution in [3.63, 3.8) is 0 Å². The van der Waals surface area contributed by atoms with Gasteiger partial charge in [-0.15, -0.1) is 0 Å². The lowest BCUT2D eigenvalue weighted by Gasteiger charge is -2.40. The van der Waals surface area contributed by atoms with Crippen LogP contribution in [-0.4, -0.2) is 64.2 Å². The average molecular weight is 322 g/mol. The number of ether oxygens (including phenoxy) is 3. The fourth-order valence-electron chi connectivity index (χ4n) is 2.87. The molecule has 1 aliphatic heterocycles. The van der Waals surface area contributed by atoms with E-state index < -0.39 is 0 Å². The van der Waals surface area contributed by atoms with Gasteiger partial charge in [0.1, 0.15) is 12.4 Å². The Morgan fingerprint density at radius 2 is 1.91 bits per heavy atom. The zero-order chi connectivity index (χ0) is 16.7. The summed E-state index contributed by atoms with van der Waals surface area (Å²) in [6.07, 6.45) is 0.838. The third-order valence-corrected chi connectivity index (χ3v) is 4.01. The van der Waals surface area contributed by atoms with E-state index in [0.29, 0.717) is 25.9 Å². The first kappa shape index (κ1) is 18.0. The van der Waals surface area contributed by atoms with Crippen LogP contribution in [0.2, 0.25) is 0 Å². The second-order valence-corrected chi connectivity index (χ2v) is 6.02. The second-order valence-electron chi connectivity index (χ2n) is 6.02. The minimum atomic E-state index is -0.210. The molecule has 0 spiro atoms. The summed E-state index contributed by atoms with van der Waals surface area (Å²) in [6.45, 7) is 7.76. The van der Waals surface area contributed by atoms with Gasteiger partial charge in [-0.3, -0.25) is 0 Å². The Morgan fingerprint density at radius 3 is 2.57 bits per heavy atom. The Balaban J connectivity index is 2.16. The molecule has 1 heterocycles. The molecule has 1 aromatic rings. The molecule has 5 nitrogen and oxygen atoms in total. The van der Waals surface area contributed by atoms with Crippen LogP contribution in [-0.2, 0) is 9.47 Å². The molecular weight excluding hydrogens is 292 g/mol. The summed E-state index contributed by atoms with van der Waals surface area (Å²) in [5, 5.41) is 0. The molecule has 0 amide bonds. The van der Waals surface area contributed by atoms with Crippen molar-refractivity contribution >= 4 is 5.69 Å². The number of anilines is 1. The predicted octanol–water partition coefficient (Wildman–Crippen LogP) is 2.60. The summed E-state index contributed by atoms with van der Waals surface area (Å²) in [4.78, 5) is 4.60. The summed E-state index contributed by atoms with van der Waals surface area (Å²) < 4.78 is 17.5. The van der Waals surface area contributed by atoms with Gasteiger partial charge in [0.15, 0.2) is 6.29 Å². The van der Waals surface area contributed by atoms with Crippen molar-refractivity contribution in [2.75, 3.05) is 51.9 Å². The molecule has 0 fully saturated rings. The maximum absolute atomic E-state index is 5.96. The SMILES string of the molecule is CCOC(CN1c2ccccc2OCC1CCN(C)C)OCC. The van der Waals surface area contributed by atoms with E-state index in [1.54, 1.807) is 0 Å². The third kappa shape index (κ3) is 5.09. The first-order valence-electron chi connectivity index (χ1n) is 8.52. The number of fused-ring (bicyclic) bond motifs is 1. The maximum atomic E-state index is 5.96. The number of hydrogen-bond acceptors (Lipinski definition) is 5. The second kappa shape index (κ2) is 9.11. The lowest BCUT2D eigenvalue weighted by molar-refractivity contribution is -0.130. The monoisotopic (exact) mass is 322 g/mol. The van der Waals surface area contributed by atoms with E-state index in [4.69, 9.17) is 14.2 Å². The first-order valence-corrected chi connectivity index (χ1v) is 8.52. The molecule has 0 aliphatic carbocycles. The van der Waals surface area contributed by atoms with Crippen LogP contribution in [0.3, 0.4) is 0 Å². The topological polar surface area (TPSA) is 34.2 Å². The van der Waals surface area contributed by atoms with Gasteiger partial charge >= 0.3 is 0 Å². The first-order chi connectivity index (χ1) is 11.2. The zero-order valence-corrected chi connectivity index (χ0v) is 14.8. The highest BCUT2D eigenvalue weighted by Crippen LogP contribution is 2.34. The van der Waals surface area contributed by atoms with Gasteiger partial charge in [-0.1, -0.05) is 12.1 Å². The van der Waals surface area contributed by atoms with Crippen molar-refractivity contribution < 1.29 is 14.2 Å². The van der Waals surface area contributed by atoms with Crippen molar-refractivity contribution in [1.82, 2.24) is 4.90 Å². The third-order valence-electron chi connectivity index (χ3n) is 4.01. The quantitative estimate of drug-likeness (QED) is 0.653. The highest BCUT2D eigenvalue weighted by molar-refractivity contribution is 5.60. The van der Waals surface area contributed by atoms with Crippen LogP contribution in [0.5, 0.6) is 5.75 Å². The molecule has 1 unspecified atom stereocenters. The Bertz CT molecular complexity index is 461. The number of nitrogens with zero attached hydrogens (tertiary/aromatic N) is 2. The smallest absolute Gasteiger partial charge is 0.174 e. The van der Waals surface area contributed by atoms with E-state index in [9.17, 15) is 0 Å². The zero-order valence-electron chi connectivity index (χ0n) is 14.8. The highest BCUT2D eigenvalue weighted by Gasteiger charge is 2.29. The number of rotatable bonds is 9. The summed E-state index contributed by atoms with van der Waals surface area (Å²) in [5.74, 6) is 0.945. The Morgan fingerprint density at radius 1 is 1.22 bits per heavy atom. The van der Waals surface area contributed by atoms with Crippen molar-refractivity contribution in [2.24, 2.45) is 0 Å². The molecule has 0 bridgehead atoms. The largest absolute Gasteiger partial charge is 0.489 e. The molecule has 23 heavy (non-hydrogen) atoms. The van der Waals surface area contributed by atoms with Crippen molar-refractivity contribution in [3.8, 4) is 5.75 Å². The van der Waals surface area contributed by atoms with Gasteiger partial charge in [0.25, 0.3) is 0 Å². The fourth-order valence-corrected chi connectivity index (χ4v) is 2.87. The molecular formula is C18H30N2O3. The van der Waals surface area contributed by atoms with Gasteiger partial charge in [-0.25, -0.2) is 0 Å². The Kier molecular flexibility index (Phi) is 7.15.